The summed E-state index contributed by atoms with van der Waals surface area (Å²) in [5, 5.41) is 7.26. The summed E-state index contributed by atoms with van der Waals surface area (Å²) < 4.78 is 11.3. The fourth-order valence-electron chi connectivity index (χ4n) is 4.99. The number of nitrogens with one attached hydrogen (secondary N) is 2. The van der Waals surface area contributed by atoms with Gasteiger partial charge in [0.2, 0.25) is 0 Å². The van der Waals surface area contributed by atoms with E-state index in [1.54, 1.807) is 18.9 Å². The van der Waals surface area contributed by atoms with Crippen molar-refractivity contribution < 1.29 is 14.3 Å². The number of ketones is 1. The second-order valence-corrected chi connectivity index (χ2v) is 9.66. The van der Waals surface area contributed by atoms with E-state index in [0.29, 0.717) is 18.8 Å². The SMILES string of the molecule is CCOc1ccc(C2CC(=O)C3=C(C2)Nc2ccccc2NC3c2ccc(SC)cc2)cc1OC. The van der Waals surface area contributed by atoms with Crippen LogP contribution < -0.4 is 20.1 Å². The van der Waals surface area contributed by atoms with Crippen LogP contribution in [0.15, 0.2) is 82.9 Å². The van der Waals surface area contributed by atoms with E-state index in [4.69, 9.17) is 9.47 Å². The molecule has 3 aromatic carbocycles. The number of anilines is 2. The summed E-state index contributed by atoms with van der Waals surface area (Å²) in [5.74, 6) is 1.64. The minimum Gasteiger partial charge on any atom is -0.493 e. The molecule has 0 saturated heterocycles. The quantitative estimate of drug-likeness (QED) is 0.374. The van der Waals surface area contributed by atoms with Crippen molar-refractivity contribution in [3.8, 4) is 11.5 Å². The Labute approximate surface area is 210 Å². The first-order valence-corrected chi connectivity index (χ1v) is 13.2. The smallest absolute Gasteiger partial charge is 0.163 e. The number of hydrogen-bond acceptors (Lipinski definition) is 6. The number of carbonyl (C=O) groups excluding carboxylic acids is 1. The van der Waals surface area contributed by atoms with Crippen LogP contribution in [-0.4, -0.2) is 25.8 Å². The van der Waals surface area contributed by atoms with E-state index >= 15 is 0 Å². The van der Waals surface area contributed by atoms with Crippen molar-refractivity contribution in [1.29, 1.82) is 0 Å². The molecule has 0 bridgehead atoms. The van der Waals surface area contributed by atoms with Crippen LogP contribution in [0.4, 0.5) is 11.4 Å². The van der Waals surface area contributed by atoms with E-state index < -0.39 is 0 Å². The fraction of sp³-hybridized carbons (Fsp3) is 0.276. The van der Waals surface area contributed by atoms with Gasteiger partial charge in [-0.15, -0.1) is 11.8 Å². The second kappa shape index (κ2) is 10.1. The molecule has 5 nitrogen and oxygen atoms in total. The maximum atomic E-state index is 13.7. The normalized spacial score (nSPS) is 19.1. The Balaban J connectivity index is 1.55. The van der Waals surface area contributed by atoms with Gasteiger partial charge in [0.15, 0.2) is 17.3 Å². The summed E-state index contributed by atoms with van der Waals surface area (Å²) >= 11 is 1.71. The molecule has 3 aromatic rings. The number of carbonyl (C=O) groups is 1. The number of allylic oxidation sites excluding steroid dienone is 1. The summed E-state index contributed by atoms with van der Waals surface area (Å²) in [7, 11) is 1.65. The number of para-hydroxylation sites is 2. The summed E-state index contributed by atoms with van der Waals surface area (Å²) in [6.45, 7) is 2.53. The average Bonchev–Trinajstić information content (AvgIpc) is 3.06. The Kier molecular flexibility index (Phi) is 6.73. The van der Waals surface area contributed by atoms with Crippen LogP contribution in [0.2, 0.25) is 0 Å². The van der Waals surface area contributed by atoms with Gasteiger partial charge in [0.1, 0.15) is 0 Å². The summed E-state index contributed by atoms with van der Waals surface area (Å²) in [6, 6.07) is 22.4. The van der Waals surface area contributed by atoms with Crippen molar-refractivity contribution in [2.45, 2.75) is 36.6 Å². The topological polar surface area (TPSA) is 59.6 Å². The second-order valence-electron chi connectivity index (χ2n) is 8.78. The Bertz CT molecular complexity index is 1270. The third-order valence-electron chi connectivity index (χ3n) is 6.72. The molecule has 5 rings (SSSR count). The van der Waals surface area contributed by atoms with Crippen LogP contribution in [0, 0.1) is 0 Å². The molecule has 2 N–H and O–H groups in total. The highest BCUT2D eigenvalue weighted by atomic mass is 32.2. The molecule has 0 fully saturated rings. The summed E-state index contributed by atoms with van der Waals surface area (Å²) in [6.07, 6.45) is 3.27. The van der Waals surface area contributed by atoms with Gasteiger partial charge in [-0.1, -0.05) is 30.3 Å². The van der Waals surface area contributed by atoms with E-state index in [9.17, 15) is 4.79 Å². The minimum absolute atomic E-state index is 0.0584. The maximum Gasteiger partial charge on any atom is 0.163 e. The molecule has 0 radical (unpaired) electrons. The van der Waals surface area contributed by atoms with Crippen LogP contribution in [0.1, 0.15) is 42.9 Å². The number of methoxy groups -OCH3 is 1. The zero-order chi connectivity index (χ0) is 24.4. The molecule has 2 atom stereocenters. The Morgan fingerprint density at radius 2 is 1.69 bits per heavy atom. The molecule has 0 spiro atoms. The van der Waals surface area contributed by atoms with Gasteiger partial charge in [0.05, 0.1) is 31.1 Å². The van der Waals surface area contributed by atoms with Crippen LogP contribution >= 0.6 is 11.8 Å². The lowest BCUT2D eigenvalue weighted by molar-refractivity contribution is -0.116. The van der Waals surface area contributed by atoms with E-state index in [0.717, 1.165) is 45.9 Å². The van der Waals surface area contributed by atoms with Crippen molar-refractivity contribution in [2.75, 3.05) is 30.6 Å². The number of thioether (sulfide) groups is 1. The van der Waals surface area contributed by atoms with Gasteiger partial charge < -0.3 is 20.1 Å². The molecular weight excluding hydrogens is 456 g/mol. The largest absolute Gasteiger partial charge is 0.493 e. The van der Waals surface area contributed by atoms with Crippen LogP contribution in [0.3, 0.4) is 0 Å². The van der Waals surface area contributed by atoms with Gasteiger partial charge >= 0.3 is 0 Å². The average molecular weight is 487 g/mol. The van der Waals surface area contributed by atoms with Gasteiger partial charge in [0, 0.05) is 22.6 Å². The molecule has 0 amide bonds. The van der Waals surface area contributed by atoms with E-state index in [1.165, 1.54) is 4.90 Å². The first kappa shape index (κ1) is 23.4. The van der Waals surface area contributed by atoms with Gasteiger partial charge in [-0.25, -0.2) is 0 Å². The Morgan fingerprint density at radius 1 is 0.943 bits per heavy atom. The zero-order valence-corrected chi connectivity index (χ0v) is 21.1. The highest BCUT2D eigenvalue weighted by molar-refractivity contribution is 7.98. The molecule has 1 aliphatic carbocycles. The van der Waals surface area contributed by atoms with Gasteiger partial charge in [-0.3, -0.25) is 4.79 Å². The monoisotopic (exact) mass is 486 g/mol. The number of hydrogen-bond donors (Lipinski definition) is 2. The molecule has 0 aromatic heterocycles. The number of rotatable bonds is 6. The highest BCUT2D eigenvalue weighted by Crippen LogP contribution is 2.45. The molecular formula is C29H30N2O3S. The molecule has 0 saturated carbocycles. The van der Waals surface area contributed by atoms with Crippen molar-refractivity contribution in [2.24, 2.45) is 0 Å². The number of ether oxygens (including phenoxy) is 2. The fourth-order valence-corrected chi connectivity index (χ4v) is 5.40. The van der Waals surface area contributed by atoms with Crippen molar-refractivity contribution >= 4 is 28.9 Å². The van der Waals surface area contributed by atoms with Crippen molar-refractivity contribution in [1.82, 2.24) is 0 Å². The van der Waals surface area contributed by atoms with Crippen molar-refractivity contribution in [3.63, 3.8) is 0 Å². The maximum absolute atomic E-state index is 13.7. The first-order chi connectivity index (χ1) is 17.1. The van der Waals surface area contributed by atoms with Crippen LogP contribution in [0.5, 0.6) is 11.5 Å². The predicted octanol–water partition coefficient (Wildman–Crippen LogP) is 6.80. The number of benzene rings is 3. The van der Waals surface area contributed by atoms with Gasteiger partial charge in [-0.05, 0) is 73.0 Å². The first-order valence-electron chi connectivity index (χ1n) is 11.9. The molecule has 2 aliphatic rings. The van der Waals surface area contributed by atoms with Gasteiger partial charge in [0.25, 0.3) is 0 Å². The number of fused-ring (bicyclic) bond motifs is 1. The van der Waals surface area contributed by atoms with Crippen molar-refractivity contribution in [3.05, 3.63) is 89.1 Å². The zero-order valence-electron chi connectivity index (χ0n) is 20.3. The Morgan fingerprint density at radius 3 is 2.40 bits per heavy atom. The lowest BCUT2D eigenvalue weighted by Crippen LogP contribution is -2.26. The summed E-state index contributed by atoms with van der Waals surface area (Å²) in [5.41, 5.74) is 5.96. The standard InChI is InChI=1S/C29H30N2O3S/c1-4-34-26-14-11-19(17-27(26)33-2)20-15-24-28(25(32)16-20)29(18-9-12-21(35-3)13-10-18)31-23-8-6-5-7-22(23)30-24/h5-14,17,20,29-31H,4,15-16H2,1-3H3. The summed E-state index contributed by atoms with van der Waals surface area (Å²) in [4.78, 5) is 15.0. The Hall–Kier alpha value is -3.38. The third kappa shape index (κ3) is 4.63. The molecule has 2 unspecified atom stereocenters. The predicted molar refractivity (Wildman–Crippen MR) is 143 cm³/mol. The molecule has 1 aliphatic heterocycles. The molecule has 180 valence electrons. The molecule has 6 heteroatoms. The lowest BCUT2D eigenvalue weighted by Gasteiger charge is -2.30. The molecule has 1 heterocycles. The lowest BCUT2D eigenvalue weighted by atomic mass is 9.78. The van der Waals surface area contributed by atoms with E-state index in [-0.39, 0.29) is 17.7 Å². The third-order valence-corrected chi connectivity index (χ3v) is 7.46. The van der Waals surface area contributed by atoms with E-state index in [2.05, 4.69) is 59.4 Å². The number of Topliss-reactive ketones (excluding diaryl/α,β-unsaturated/α-hetero) is 1. The van der Waals surface area contributed by atoms with Gasteiger partial charge in [-0.2, -0.15) is 0 Å². The highest BCUT2D eigenvalue weighted by Gasteiger charge is 2.36. The van der Waals surface area contributed by atoms with Crippen LogP contribution in [0.25, 0.3) is 0 Å². The van der Waals surface area contributed by atoms with E-state index in [1.807, 2.05) is 31.2 Å². The minimum atomic E-state index is -0.208. The van der Waals surface area contributed by atoms with Crippen LogP contribution in [-0.2, 0) is 4.79 Å². The molecule has 35 heavy (non-hydrogen) atoms.